The first-order valence-corrected chi connectivity index (χ1v) is 11.5. The highest BCUT2D eigenvalue weighted by Crippen LogP contribution is 2.33. The van der Waals surface area contributed by atoms with Gasteiger partial charge >= 0.3 is 0 Å². The van der Waals surface area contributed by atoms with Gasteiger partial charge in [0.1, 0.15) is 19.3 Å². The SMILES string of the molecule is Cc1noc(CCCCC(=O)N[C@@H](CN2CCCC2)C(O)c2ccc3c(c2)OCCO3)n1. The quantitative estimate of drug-likeness (QED) is 0.537. The van der Waals surface area contributed by atoms with E-state index in [1.165, 1.54) is 0 Å². The van der Waals surface area contributed by atoms with Crippen LogP contribution < -0.4 is 14.8 Å². The van der Waals surface area contributed by atoms with Crippen molar-refractivity contribution in [1.29, 1.82) is 0 Å². The summed E-state index contributed by atoms with van der Waals surface area (Å²) < 4.78 is 16.4. The number of amides is 1. The van der Waals surface area contributed by atoms with Gasteiger partial charge in [-0.2, -0.15) is 4.98 Å². The van der Waals surface area contributed by atoms with Gasteiger partial charge in [-0.05, 0) is 63.4 Å². The third-order valence-electron chi connectivity index (χ3n) is 5.90. The number of nitrogens with one attached hydrogen (secondary N) is 1. The molecule has 1 aromatic heterocycles. The zero-order valence-corrected chi connectivity index (χ0v) is 18.6. The lowest BCUT2D eigenvalue weighted by Crippen LogP contribution is -2.46. The van der Waals surface area contributed by atoms with Gasteiger partial charge < -0.3 is 29.3 Å². The molecule has 9 nitrogen and oxygen atoms in total. The van der Waals surface area contributed by atoms with Gasteiger partial charge in [-0.15, -0.1) is 0 Å². The molecule has 0 spiro atoms. The Labute approximate surface area is 188 Å². The number of carbonyl (C=O) groups excluding carboxylic acids is 1. The molecule has 9 heteroatoms. The maximum Gasteiger partial charge on any atom is 0.226 e. The van der Waals surface area contributed by atoms with E-state index in [0.29, 0.717) is 67.8 Å². The van der Waals surface area contributed by atoms with Crippen molar-refractivity contribution in [2.45, 2.75) is 57.6 Å². The smallest absolute Gasteiger partial charge is 0.226 e. The van der Waals surface area contributed by atoms with Crippen LogP contribution in [-0.2, 0) is 11.2 Å². The molecule has 4 rings (SSSR count). The van der Waals surface area contributed by atoms with E-state index in [4.69, 9.17) is 14.0 Å². The van der Waals surface area contributed by atoms with Crippen LogP contribution in [0.15, 0.2) is 22.7 Å². The van der Waals surface area contributed by atoms with Crippen molar-refractivity contribution in [3.63, 3.8) is 0 Å². The Kier molecular flexibility index (Phi) is 7.59. The van der Waals surface area contributed by atoms with Crippen LogP contribution in [0.5, 0.6) is 11.5 Å². The van der Waals surface area contributed by atoms with E-state index < -0.39 is 12.1 Å². The number of hydrogen-bond acceptors (Lipinski definition) is 8. The summed E-state index contributed by atoms with van der Waals surface area (Å²) in [5.74, 6) is 2.48. The molecule has 2 aliphatic rings. The number of benzene rings is 1. The molecule has 3 heterocycles. The number of aromatic nitrogens is 2. The number of unbranched alkanes of at least 4 members (excludes halogenated alkanes) is 1. The van der Waals surface area contributed by atoms with Crippen LogP contribution in [0.3, 0.4) is 0 Å². The third-order valence-corrected chi connectivity index (χ3v) is 5.90. The van der Waals surface area contributed by atoms with Crippen molar-refractivity contribution in [3.8, 4) is 11.5 Å². The average Bonchev–Trinajstić information content (AvgIpc) is 3.47. The minimum atomic E-state index is -0.836. The number of ether oxygens (including phenoxy) is 2. The van der Waals surface area contributed by atoms with Crippen molar-refractivity contribution in [2.75, 3.05) is 32.8 Å². The molecule has 32 heavy (non-hydrogen) atoms. The topological polar surface area (TPSA) is 110 Å². The lowest BCUT2D eigenvalue weighted by atomic mass is 10.0. The zero-order valence-electron chi connectivity index (χ0n) is 18.6. The number of nitrogens with zero attached hydrogens (tertiary/aromatic N) is 3. The highest BCUT2D eigenvalue weighted by atomic mass is 16.6. The second-order valence-electron chi connectivity index (χ2n) is 8.47. The summed E-state index contributed by atoms with van der Waals surface area (Å²) in [6.45, 7) is 5.39. The molecule has 1 unspecified atom stereocenters. The second-order valence-corrected chi connectivity index (χ2v) is 8.47. The molecule has 0 radical (unpaired) electrons. The fourth-order valence-corrected chi connectivity index (χ4v) is 4.23. The maximum absolute atomic E-state index is 12.7. The van der Waals surface area contributed by atoms with E-state index in [-0.39, 0.29) is 5.91 Å². The Morgan fingerprint density at radius 3 is 2.72 bits per heavy atom. The summed E-state index contributed by atoms with van der Waals surface area (Å²) in [7, 11) is 0. The normalized spacial score (nSPS) is 17.8. The predicted molar refractivity (Wildman–Crippen MR) is 117 cm³/mol. The van der Waals surface area contributed by atoms with Crippen molar-refractivity contribution >= 4 is 5.91 Å². The monoisotopic (exact) mass is 444 g/mol. The van der Waals surface area contributed by atoms with E-state index in [2.05, 4.69) is 20.4 Å². The maximum atomic E-state index is 12.7. The Balaban J connectivity index is 1.34. The molecule has 1 fully saturated rings. The van der Waals surface area contributed by atoms with Gasteiger partial charge in [0.2, 0.25) is 11.8 Å². The van der Waals surface area contributed by atoms with Gasteiger partial charge in [-0.25, -0.2) is 0 Å². The van der Waals surface area contributed by atoms with Gasteiger partial charge in [0, 0.05) is 19.4 Å². The van der Waals surface area contributed by atoms with Gasteiger partial charge in [-0.3, -0.25) is 4.79 Å². The molecular weight excluding hydrogens is 412 g/mol. The van der Waals surface area contributed by atoms with Crippen LogP contribution in [0.4, 0.5) is 0 Å². The summed E-state index contributed by atoms with van der Waals surface area (Å²) >= 11 is 0. The average molecular weight is 445 g/mol. The van der Waals surface area contributed by atoms with Crippen LogP contribution in [0.1, 0.15) is 55.5 Å². The van der Waals surface area contributed by atoms with Gasteiger partial charge in [-0.1, -0.05) is 11.2 Å². The fourth-order valence-electron chi connectivity index (χ4n) is 4.23. The Morgan fingerprint density at radius 1 is 1.19 bits per heavy atom. The number of hydrogen-bond donors (Lipinski definition) is 2. The van der Waals surface area contributed by atoms with Gasteiger partial charge in [0.25, 0.3) is 0 Å². The minimum Gasteiger partial charge on any atom is -0.486 e. The number of aryl methyl sites for hydroxylation is 2. The molecule has 0 aliphatic carbocycles. The van der Waals surface area contributed by atoms with Gasteiger partial charge in [0.15, 0.2) is 17.3 Å². The second kappa shape index (κ2) is 10.8. The zero-order chi connectivity index (χ0) is 22.3. The fraction of sp³-hybridized carbons (Fsp3) is 0.609. The van der Waals surface area contributed by atoms with E-state index in [1.54, 1.807) is 6.92 Å². The molecule has 2 aromatic rings. The number of likely N-dealkylation sites (tertiary alicyclic amines) is 1. The number of aliphatic hydroxyl groups is 1. The Hall–Kier alpha value is -2.65. The van der Waals surface area contributed by atoms with E-state index in [9.17, 15) is 9.90 Å². The molecule has 1 amide bonds. The van der Waals surface area contributed by atoms with E-state index >= 15 is 0 Å². The van der Waals surface area contributed by atoms with Crippen molar-refractivity contribution in [1.82, 2.24) is 20.4 Å². The molecule has 2 atom stereocenters. The first-order chi connectivity index (χ1) is 15.6. The van der Waals surface area contributed by atoms with Crippen molar-refractivity contribution in [2.24, 2.45) is 0 Å². The van der Waals surface area contributed by atoms with Crippen LogP contribution in [0.25, 0.3) is 0 Å². The molecule has 1 aromatic carbocycles. The highest BCUT2D eigenvalue weighted by Gasteiger charge is 2.27. The van der Waals surface area contributed by atoms with Crippen LogP contribution >= 0.6 is 0 Å². The molecule has 1 saturated heterocycles. The number of aliphatic hydroxyl groups excluding tert-OH is 1. The lowest BCUT2D eigenvalue weighted by molar-refractivity contribution is -0.123. The number of rotatable bonds is 10. The third kappa shape index (κ3) is 5.98. The van der Waals surface area contributed by atoms with Crippen molar-refractivity contribution in [3.05, 3.63) is 35.5 Å². The predicted octanol–water partition coefficient (Wildman–Crippen LogP) is 2.18. The molecular formula is C23H32N4O5. The summed E-state index contributed by atoms with van der Waals surface area (Å²) in [4.78, 5) is 19.2. The summed E-state index contributed by atoms with van der Waals surface area (Å²) in [6.07, 6.45) is 4.01. The Bertz CT molecular complexity index is 896. The largest absolute Gasteiger partial charge is 0.486 e. The minimum absolute atomic E-state index is 0.0625. The van der Waals surface area contributed by atoms with E-state index in [1.807, 2.05) is 18.2 Å². The highest BCUT2D eigenvalue weighted by molar-refractivity contribution is 5.76. The van der Waals surface area contributed by atoms with E-state index in [0.717, 1.165) is 32.4 Å². The molecule has 0 saturated carbocycles. The first-order valence-electron chi connectivity index (χ1n) is 11.5. The van der Waals surface area contributed by atoms with Crippen LogP contribution in [0, 0.1) is 6.92 Å². The molecule has 0 bridgehead atoms. The molecule has 2 N–H and O–H groups in total. The van der Waals surface area contributed by atoms with Crippen molar-refractivity contribution < 1.29 is 23.9 Å². The Morgan fingerprint density at radius 2 is 1.97 bits per heavy atom. The lowest BCUT2D eigenvalue weighted by Gasteiger charge is -2.29. The number of fused-ring (bicyclic) bond motifs is 1. The van der Waals surface area contributed by atoms with Gasteiger partial charge in [0.05, 0.1) is 6.04 Å². The summed E-state index contributed by atoms with van der Waals surface area (Å²) in [6, 6.07) is 5.07. The standard InChI is InChI=1S/C23H32N4O5/c1-16-24-22(32-26-16)7-3-2-6-21(28)25-18(15-27-10-4-5-11-27)23(29)17-8-9-19-20(14-17)31-13-12-30-19/h8-9,14,18,23,29H,2-7,10-13,15H2,1H3,(H,25,28)/t18-,23?/m0/s1. The first kappa shape index (κ1) is 22.5. The number of carbonyl (C=O) groups is 1. The van der Waals surface area contributed by atoms with Crippen LogP contribution in [0.2, 0.25) is 0 Å². The summed E-state index contributed by atoms with van der Waals surface area (Å²) in [5.41, 5.74) is 0.713. The van der Waals surface area contributed by atoms with Crippen LogP contribution in [-0.4, -0.2) is 64.9 Å². The molecule has 2 aliphatic heterocycles. The summed E-state index contributed by atoms with van der Waals surface area (Å²) in [5, 5.41) is 18.0. The molecule has 174 valence electrons.